The maximum atomic E-state index is 13.1. The predicted molar refractivity (Wildman–Crippen MR) is 108 cm³/mol. The normalized spacial score (nSPS) is 23.6. The second-order valence-electron chi connectivity index (χ2n) is 7.73. The first-order valence-corrected chi connectivity index (χ1v) is 11.6. The molecule has 4 rings (SSSR count). The number of piperazine rings is 1. The van der Waals surface area contributed by atoms with Gasteiger partial charge in [0.15, 0.2) is 5.84 Å². The van der Waals surface area contributed by atoms with Crippen LogP contribution in [-0.4, -0.2) is 80.0 Å². The molecule has 2 amide bonds. The van der Waals surface area contributed by atoms with Crippen molar-refractivity contribution in [1.82, 2.24) is 14.7 Å². The van der Waals surface area contributed by atoms with Crippen LogP contribution in [0.25, 0.3) is 0 Å². The van der Waals surface area contributed by atoms with E-state index in [9.17, 15) is 18.0 Å². The molecule has 1 aromatic rings. The Labute approximate surface area is 171 Å². The van der Waals surface area contributed by atoms with Crippen LogP contribution in [0, 0.1) is 5.92 Å². The number of hydrogen-bond acceptors (Lipinski definition) is 5. The third-order valence-corrected chi connectivity index (χ3v) is 7.25. The SMILES string of the molecule is CCC(=O)N1CCN(C(=O)C2CCCN(C3=NS(=O)(=O)c4ccccc43)C2)CC1. The summed E-state index contributed by atoms with van der Waals surface area (Å²) in [5.41, 5.74) is 0.618. The zero-order chi connectivity index (χ0) is 20.6. The lowest BCUT2D eigenvalue weighted by molar-refractivity contribution is -0.142. The molecule has 3 heterocycles. The fourth-order valence-electron chi connectivity index (χ4n) is 4.35. The van der Waals surface area contributed by atoms with E-state index in [1.54, 1.807) is 24.3 Å². The average Bonchev–Trinajstić information content (AvgIpc) is 3.04. The van der Waals surface area contributed by atoms with Gasteiger partial charge in [-0.15, -0.1) is 4.40 Å². The van der Waals surface area contributed by atoms with Gasteiger partial charge >= 0.3 is 0 Å². The molecular formula is C20H26N4O4S. The van der Waals surface area contributed by atoms with Crippen molar-refractivity contribution in [2.24, 2.45) is 10.3 Å². The highest BCUT2D eigenvalue weighted by atomic mass is 32.2. The van der Waals surface area contributed by atoms with E-state index in [4.69, 9.17) is 0 Å². The molecule has 0 radical (unpaired) electrons. The zero-order valence-electron chi connectivity index (χ0n) is 16.6. The first-order chi connectivity index (χ1) is 13.9. The molecule has 3 aliphatic rings. The second-order valence-corrected chi connectivity index (χ2v) is 9.30. The van der Waals surface area contributed by atoms with Crippen LogP contribution in [0.5, 0.6) is 0 Å². The number of rotatable bonds is 2. The lowest BCUT2D eigenvalue weighted by Crippen LogP contribution is -2.54. The minimum atomic E-state index is -3.67. The molecular weight excluding hydrogens is 392 g/mol. The van der Waals surface area contributed by atoms with Crippen LogP contribution >= 0.6 is 0 Å². The Kier molecular flexibility index (Phi) is 5.33. The number of amidine groups is 1. The number of sulfonamides is 1. The van der Waals surface area contributed by atoms with Gasteiger partial charge in [-0.05, 0) is 25.0 Å². The zero-order valence-corrected chi connectivity index (χ0v) is 17.4. The maximum absolute atomic E-state index is 13.1. The highest BCUT2D eigenvalue weighted by molar-refractivity contribution is 7.90. The van der Waals surface area contributed by atoms with E-state index in [0.717, 1.165) is 12.8 Å². The molecule has 2 saturated heterocycles. The van der Waals surface area contributed by atoms with Gasteiger partial charge < -0.3 is 14.7 Å². The van der Waals surface area contributed by atoms with Gasteiger partial charge in [-0.1, -0.05) is 19.1 Å². The van der Waals surface area contributed by atoms with Crippen molar-refractivity contribution in [2.45, 2.75) is 31.1 Å². The van der Waals surface area contributed by atoms with Crippen LogP contribution < -0.4 is 0 Å². The van der Waals surface area contributed by atoms with Crippen molar-refractivity contribution >= 4 is 27.7 Å². The summed E-state index contributed by atoms with van der Waals surface area (Å²) in [6, 6.07) is 6.85. The first-order valence-electron chi connectivity index (χ1n) is 10.2. The van der Waals surface area contributed by atoms with Gasteiger partial charge in [0.2, 0.25) is 11.8 Å². The monoisotopic (exact) mass is 418 g/mol. The van der Waals surface area contributed by atoms with Crippen molar-refractivity contribution < 1.29 is 18.0 Å². The number of benzene rings is 1. The van der Waals surface area contributed by atoms with Crippen LogP contribution in [0.3, 0.4) is 0 Å². The maximum Gasteiger partial charge on any atom is 0.285 e. The van der Waals surface area contributed by atoms with Gasteiger partial charge in [-0.2, -0.15) is 8.42 Å². The molecule has 0 saturated carbocycles. The highest BCUT2D eigenvalue weighted by Crippen LogP contribution is 2.30. The summed E-state index contributed by atoms with van der Waals surface area (Å²) in [5.74, 6) is 0.486. The van der Waals surface area contributed by atoms with Gasteiger partial charge in [0.05, 0.1) is 5.92 Å². The molecule has 1 atom stereocenters. The number of nitrogens with zero attached hydrogens (tertiary/aromatic N) is 4. The van der Waals surface area contributed by atoms with Gasteiger partial charge in [-0.3, -0.25) is 9.59 Å². The van der Waals surface area contributed by atoms with E-state index >= 15 is 0 Å². The third kappa shape index (κ3) is 3.75. The number of carbonyl (C=O) groups is 2. The topological polar surface area (TPSA) is 90.4 Å². The van der Waals surface area contributed by atoms with Gasteiger partial charge in [0.25, 0.3) is 10.0 Å². The molecule has 0 bridgehead atoms. The van der Waals surface area contributed by atoms with Gasteiger partial charge in [0, 0.05) is 51.3 Å². The van der Waals surface area contributed by atoms with Crippen LogP contribution in [0.2, 0.25) is 0 Å². The quantitative estimate of drug-likeness (QED) is 0.713. The van der Waals surface area contributed by atoms with Crippen LogP contribution in [0.15, 0.2) is 33.6 Å². The summed E-state index contributed by atoms with van der Waals surface area (Å²) >= 11 is 0. The number of fused-ring (bicyclic) bond motifs is 1. The largest absolute Gasteiger partial charge is 0.355 e. The standard InChI is InChI=1S/C20H26N4O4S/c1-2-18(25)22-10-12-23(13-11-22)20(26)15-6-5-9-24(14-15)19-16-7-3-4-8-17(16)29(27,28)21-19/h3-4,7-8,15H,2,5-6,9-14H2,1H3. The van der Waals surface area contributed by atoms with E-state index in [-0.39, 0.29) is 22.6 Å². The van der Waals surface area contributed by atoms with Crippen molar-refractivity contribution in [3.63, 3.8) is 0 Å². The summed E-state index contributed by atoms with van der Waals surface area (Å²) < 4.78 is 28.7. The fourth-order valence-corrected chi connectivity index (χ4v) is 5.57. The molecule has 0 spiro atoms. The molecule has 1 unspecified atom stereocenters. The molecule has 2 fully saturated rings. The molecule has 8 nitrogen and oxygen atoms in total. The van der Waals surface area contributed by atoms with Crippen molar-refractivity contribution in [2.75, 3.05) is 39.3 Å². The third-order valence-electron chi connectivity index (χ3n) is 5.93. The van der Waals surface area contributed by atoms with E-state index in [0.29, 0.717) is 57.1 Å². The Balaban J connectivity index is 1.45. The lowest BCUT2D eigenvalue weighted by atomic mass is 9.95. The van der Waals surface area contributed by atoms with Gasteiger partial charge in [-0.25, -0.2) is 0 Å². The van der Waals surface area contributed by atoms with Crippen LogP contribution in [-0.2, 0) is 19.6 Å². The van der Waals surface area contributed by atoms with E-state index in [2.05, 4.69) is 4.40 Å². The van der Waals surface area contributed by atoms with E-state index in [1.165, 1.54) is 0 Å². The molecule has 0 aliphatic carbocycles. The average molecular weight is 419 g/mol. The first kappa shape index (κ1) is 19.9. The molecule has 3 aliphatic heterocycles. The van der Waals surface area contributed by atoms with E-state index in [1.807, 2.05) is 21.6 Å². The van der Waals surface area contributed by atoms with Crippen molar-refractivity contribution in [3.05, 3.63) is 29.8 Å². The number of likely N-dealkylation sites (tertiary alicyclic amines) is 1. The van der Waals surface area contributed by atoms with E-state index < -0.39 is 10.0 Å². The Morgan fingerprint density at radius 3 is 2.48 bits per heavy atom. The summed E-state index contributed by atoms with van der Waals surface area (Å²) in [6.45, 7) is 5.26. The van der Waals surface area contributed by atoms with Crippen molar-refractivity contribution in [1.29, 1.82) is 0 Å². The lowest BCUT2D eigenvalue weighted by Gasteiger charge is -2.39. The fraction of sp³-hybridized carbons (Fsp3) is 0.550. The molecule has 29 heavy (non-hydrogen) atoms. The van der Waals surface area contributed by atoms with Crippen LogP contribution in [0.1, 0.15) is 31.7 Å². The Bertz CT molecular complexity index is 951. The molecule has 0 N–H and O–H groups in total. The predicted octanol–water partition coefficient (Wildman–Crippen LogP) is 0.928. The highest BCUT2D eigenvalue weighted by Gasteiger charge is 2.36. The molecule has 1 aromatic carbocycles. The van der Waals surface area contributed by atoms with Gasteiger partial charge in [0.1, 0.15) is 4.90 Å². The summed E-state index contributed by atoms with van der Waals surface area (Å²) in [6.07, 6.45) is 2.08. The second kappa shape index (κ2) is 7.78. The Morgan fingerprint density at radius 1 is 1.07 bits per heavy atom. The number of amides is 2. The summed E-state index contributed by atoms with van der Waals surface area (Å²) in [4.78, 5) is 30.7. The minimum absolute atomic E-state index is 0.0908. The molecule has 0 aromatic heterocycles. The van der Waals surface area contributed by atoms with Crippen molar-refractivity contribution in [3.8, 4) is 0 Å². The Morgan fingerprint density at radius 2 is 1.76 bits per heavy atom. The number of hydrogen-bond donors (Lipinski definition) is 0. The number of piperidine rings is 1. The minimum Gasteiger partial charge on any atom is -0.355 e. The number of carbonyl (C=O) groups excluding carboxylic acids is 2. The Hall–Kier alpha value is -2.42. The molecule has 156 valence electrons. The van der Waals surface area contributed by atoms with Crippen LogP contribution in [0.4, 0.5) is 0 Å². The smallest absolute Gasteiger partial charge is 0.285 e. The molecule has 9 heteroatoms. The summed E-state index contributed by atoms with van der Waals surface area (Å²) in [5, 5.41) is 0. The summed E-state index contributed by atoms with van der Waals surface area (Å²) in [7, 11) is -3.67.